The lowest BCUT2D eigenvalue weighted by molar-refractivity contribution is -0.359. The van der Waals surface area contributed by atoms with E-state index in [0.717, 1.165) is 109 Å². The van der Waals surface area contributed by atoms with Gasteiger partial charge in [0.2, 0.25) is 5.91 Å². The third-order valence-corrected chi connectivity index (χ3v) is 19.0. The van der Waals surface area contributed by atoms with E-state index in [-0.39, 0.29) is 18.9 Å². The van der Waals surface area contributed by atoms with Gasteiger partial charge in [0.05, 0.1) is 32.0 Å². The maximum atomic E-state index is 13.4. The van der Waals surface area contributed by atoms with E-state index in [1.54, 1.807) is 6.08 Å². The molecule has 0 aliphatic carbocycles. The summed E-state index contributed by atoms with van der Waals surface area (Å²) >= 11 is 0. The number of aliphatic hydroxyl groups excluding tert-OH is 8. The number of aliphatic hydroxyl groups is 8. The van der Waals surface area contributed by atoms with Gasteiger partial charge in [0, 0.05) is 6.42 Å². The molecule has 0 spiro atoms. The molecule has 0 aromatic rings. The molecule has 0 aromatic carbocycles. The van der Waals surface area contributed by atoms with Crippen molar-refractivity contribution in [3.05, 3.63) is 146 Å². The lowest BCUT2D eigenvalue weighted by Crippen LogP contribution is -2.65. The maximum absolute atomic E-state index is 13.4. The van der Waals surface area contributed by atoms with Crippen LogP contribution in [0.4, 0.5) is 0 Å². The Morgan fingerprint density at radius 2 is 0.676 bits per heavy atom. The Balaban J connectivity index is 1.66. The van der Waals surface area contributed by atoms with Crippen molar-refractivity contribution in [2.24, 2.45) is 0 Å². The maximum Gasteiger partial charge on any atom is 0.220 e. The van der Waals surface area contributed by atoms with Crippen molar-refractivity contribution in [1.82, 2.24) is 5.32 Å². The Bertz CT molecular complexity index is 2280. The molecule has 0 bridgehead atoms. The van der Waals surface area contributed by atoms with Gasteiger partial charge in [-0.05, 0) is 103 Å². The van der Waals surface area contributed by atoms with E-state index in [0.29, 0.717) is 6.42 Å². The van der Waals surface area contributed by atoms with Crippen LogP contribution in [0, 0.1) is 0 Å². The van der Waals surface area contributed by atoms with Crippen molar-refractivity contribution in [2.45, 2.75) is 383 Å². The number of allylic oxidation sites excluding steroid dienone is 23. The van der Waals surface area contributed by atoms with Crippen LogP contribution in [0.2, 0.25) is 0 Å². The predicted molar refractivity (Wildman–Crippen MR) is 424 cm³/mol. The first-order chi connectivity index (χ1) is 50.1. The van der Waals surface area contributed by atoms with Gasteiger partial charge < -0.3 is 65.1 Å². The molecule has 2 rings (SSSR count). The Hall–Kier alpha value is -4.13. The molecule has 2 aliphatic heterocycles. The number of hydrogen-bond acceptors (Lipinski definition) is 13. The Labute approximate surface area is 621 Å². The van der Waals surface area contributed by atoms with Gasteiger partial charge in [-0.15, -0.1) is 0 Å². The third kappa shape index (κ3) is 52.0. The Morgan fingerprint density at radius 1 is 0.363 bits per heavy atom. The van der Waals surface area contributed by atoms with E-state index in [1.165, 1.54) is 173 Å². The van der Waals surface area contributed by atoms with Crippen LogP contribution in [-0.2, 0) is 23.7 Å². The fourth-order valence-electron chi connectivity index (χ4n) is 12.6. The van der Waals surface area contributed by atoms with Gasteiger partial charge in [-0.2, -0.15) is 0 Å². The van der Waals surface area contributed by atoms with Crippen LogP contribution in [0.25, 0.3) is 0 Å². The topological polar surface area (TPSA) is 228 Å². The van der Waals surface area contributed by atoms with Gasteiger partial charge in [0.25, 0.3) is 0 Å². The molecule has 9 N–H and O–H groups in total. The first kappa shape index (κ1) is 94.0. The first-order valence-corrected chi connectivity index (χ1v) is 41.1. The van der Waals surface area contributed by atoms with E-state index in [9.17, 15) is 45.6 Å². The number of carbonyl (C=O) groups excluding carboxylic acids is 1. The van der Waals surface area contributed by atoms with Crippen molar-refractivity contribution in [3.63, 3.8) is 0 Å². The zero-order valence-electron chi connectivity index (χ0n) is 64.1. The van der Waals surface area contributed by atoms with Gasteiger partial charge in [-0.3, -0.25) is 4.79 Å². The van der Waals surface area contributed by atoms with Crippen LogP contribution in [0.15, 0.2) is 146 Å². The lowest BCUT2D eigenvalue weighted by atomic mass is 9.97. The molecular formula is C88H149NO13. The summed E-state index contributed by atoms with van der Waals surface area (Å²) in [6, 6.07) is -0.946. The smallest absolute Gasteiger partial charge is 0.220 e. The molecule has 0 aromatic heterocycles. The van der Waals surface area contributed by atoms with E-state index in [1.807, 2.05) is 6.08 Å². The fourth-order valence-corrected chi connectivity index (χ4v) is 12.6. The zero-order valence-corrected chi connectivity index (χ0v) is 64.1. The van der Waals surface area contributed by atoms with Crippen molar-refractivity contribution in [2.75, 3.05) is 19.8 Å². The summed E-state index contributed by atoms with van der Waals surface area (Å²) in [4.78, 5) is 13.4. The molecule has 14 heteroatoms. The fraction of sp³-hybridized carbons (Fsp3) is 0.716. The molecule has 2 heterocycles. The minimum absolute atomic E-state index is 0.232. The molecule has 2 aliphatic rings. The van der Waals surface area contributed by atoms with Crippen LogP contribution in [0.1, 0.15) is 309 Å². The molecule has 1 amide bonds. The third-order valence-electron chi connectivity index (χ3n) is 19.0. The monoisotopic (exact) mass is 1430 g/mol. The van der Waals surface area contributed by atoms with Gasteiger partial charge in [0.15, 0.2) is 12.6 Å². The number of carbonyl (C=O) groups is 1. The molecule has 12 atom stereocenters. The molecule has 0 saturated carbocycles. The van der Waals surface area contributed by atoms with Crippen LogP contribution in [-0.4, -0.2) is 140 Å². The molecule has 14 nitrogen and oxygen atoms in total. The Kier molecular flexibility index (Phi) is 64.4. The van der Waals surface area contributed by atoms with Crippen molar-refractivity contribution >= 4 is 5.91 Å². The highest BCUT2D eigenvalue weighted by molar-refractivity contribution is 5.76. The summed E-state index contributed by atoms with van der Waals surface area (Å²) in [5, 5.41) is 87.7. The normalized spacial score (nSPS) is 22.5. The lowest BCUT2D eigenvalue weighted by Gasteiger charge is -2.46. The zero-order chi connectivity index (χ0) is 73.7. The highest BCUT2D eigenvalue weighted by atomic mass is 16.7. The number of nitrogens with one attached hydrogen (secondary N) is 1. The quantitative estimate of drug-likeness (QED) is 0.0204. The minimum Gasteiger partial charge on any atom is -0.394 e. The number of rotatable bonds is 67. The van der Waals surface area contributed by atoms with Gasteiger partial charge in [-0.1, -0.05) is 346 Å². The molecule has 0 radical (unpaired) electrons. The second-order valence-corrected chi connectivity index (χ2v) is 28.2. The minimum atomic E-state index is -1.80. The number of ether oxygens (including phenoxy) is 4. The predicted octanol–water partition coefficient (Wildman–Crippen LogP) is 19.1. The van der Waals surface area contributed by atoms with Crippen molar-refractivity contribution < 1.29 is 64.6 Å². The summed E-state index contributed by atoms with van der Waals surface area (Å²) in [6.45, 7) is 2.69. The average Bonchev–Trinajstić information content (AvgIpc) is 0.790. The molecule has 12 unspecified atom stereocenters. The highest BCUT2D eigenvalue weighted by Gasteiger charge is 2.51. The van der Waals surface area contributed by atoms with Gasteiger partial charge in [0.1, 0.15) is 48.8 Å². The van der Waals surface area contributed by atoms with Crippen LogP contribution >= 0.6 is 0 Å². The SMILES string of the molecule is CC/C=C\C/C=C\C/C=C\C/C=C\C/C=C\C/C=C\C/C=C\C/C=C\C/C=C\C/C=C\C/C=C\CCCCCC(=O)NC(COC1OC(CO)C(OC2OC(CO)C(O)C(O)C2O)C(O)C1O)C(O)/C=C/CCCCCCCCCCCCCCCCCCCCCCCCCCCCCCC. The number of unbranched alkanes of at least 4 members (excludes halogenated alkanes) is 32. The van der Waals surface area contributed by atoms with Crippen LogP contribution < -0.4 is 5.32 Å². The van der Waals surface area contributed by atoms with Gasteiger partial charge in [-0.25, -0.2) is 0 Å². The Morgan fingerprint density at radius 3 is 1.04 bits per heavy atom. The molecule has 2 saturated heterocycles. The van der Waals surface area contributed by atoms with Crippen molar-refractivity contribution in [1.29, 1.82) is 0 Å². The van der Waals surface area contributed by atoms with E-state index in [2.05, 4.69) is 153 Å². The van der Waals surface area contributed by atoms with E-state index in [4.69, 9.17) is 18.9 Å². The van der Waals surface area contributed by atoms with E-state index >= 15 is 0 Å². The largest absolute Gasteiger partial charge is 0.394 e. The van der Waals surface area contributed by atoms with Crippen LogP contribution in [0.5, 0.6) is 0 Å². The summed E-state index contributed by atoms with van der Waals surface area (Å²) in [7, 11) is 0. The molecule has 2 fully saturated rings. The average molecular weight is 1430 g/mol. The van der Waals surface area contributed by atoms with Crippen molar-refractivity contribution in [3.8, 4) is 0 Å². The number of hydrogen-bond donors (Lipinski definition) is 9. The molecule has 102 heavy (non-hydrogen) atoms. The summed E-state index contributed by atoms with van der Waals surface area (Å²) in [5.41, 5.74) is 0. The highest BCUT2D eigenvalue weighted by Crippen LogP contribution is 2.30. The number of amides is 1. The van der Waals surface area contributed by atoms with E-state index < -0.39 is 86.8 Å². The molecular weight excluding hydrogens is 1280 g/mol. The summed E-state index contributed by atoms with van der Waals surface area (Å²) < 4.78 is 22.9. The summed E-state index contributed by atoms with van der Waals surface area (Å²) in [6.07, 6.45) is 89.2. The molecule has 584 valence electrons. The van der Waals surface area contributed by atoms with Gasteiger partial charge >= 0.3 is 0 Å². The second-order valence-electron chi connectivity index (χ2n) is 28.2. The second kappa shape index (κ2) is 69.9. The van der Waals surface area contributed by atoms with Crippen LogP contribution in [0.3, 0.4) is 0 Å². The summed E-state index contributed by atoms with van der Waals surface area (Å²) in [5.74, 6) is -0.273. The standard InChI is InChI=1S/C88H149NO13/c1-3-5-7-9-11-13-15-17-19-21-23-25-27-29-31-33-35-36-37-38-39-40-42-44-46-48-50-52-54-56-58-60-62-64-66-68-70-72-80(93)89-76(75-99-87-85(98)83(96)86(79(74-91)101-87)102-88-84(97)82(95)81(94)78(73-90)100-88)77(92)71-69-67-65-63-61-59-57-55-53-51-49-47-45-43-41-34-32-30-28-26-24-22-20-18-16-14-12-10-8-6-4-2/h5,7,11,13,17,19,23,25,29,31,35-36,38-39,42,44,48,50,54,56,60,62,69,71,76-79,81-88,90-92,94-98H,3-4,6,8-10,12,14-16,18,20-22,24,26-28,30,32-34,37,40-41,43,45-47,49,51-53,55,57-59,61,63-68,70,72-75H2,1-2H3,(H,89,93)/b7-5-,13-11-,19-17-,25-23-,31-29-,36-35-,39-38-,44-42-,50-48-,56-54-,62-60-,71-69+. The first-order valence-electron chi connectivity index (χ1n) is 41.1.